The number of amides is 3. The number of nitrogens with one attached hydrogen (secondary N) is 1. The van der Waals surface area contributed by atoms with Crippen molar-refractivity contribution in [2.75, 3.05) is 32.5 Å². The number of likely N-dealkylation sites (tertiary alicyclic amines) is 2. The van der Waals surface area contributed by atoms with Crippen LogP contribution in [0.1, 0.15) is 78.2 Å². The zero-order valence-electron chi connectivity index (χ0n) is 30.8. The van der Waals surface area contributed by atoms with Crippen LogP contribution in [0.5, 0.6) is 11.5 Å². The summed E-state index contributed by atoms with van der Waals surface area (Å²) in [5.41, 5.74) is -4.80. The number of piperidine rings is 2. The highest BCUT2D eigenvalue weighted by molar-refractivity contribution is 7.89. The number of sulfonamides is 1. The maximum absolute atomic E-state index is 15.0. The molecular weight excluding hydrogens is 805 g/mol. The molecule has 2 saturated heterocycles. The van der Waals surface area contributed by atoms with Gasteiger partial charge >= 0.3 is 12.4 Å². The van der Waals surface area contributed by atoms with Gasteiger partial charge in [0.1, 0.15) is 16.4 Å². The van der Waals surface area contributed by atoms with Crippen molar-refractivity contribution in [2.45, 2.75) is 81.3 Å². The first-order valence-corrected chi connectivity index (χ1v) is 20.6. The first-order valence-electron chi connectivity index (χ1n) is 17.8. The lowest BCUT2D eigenvalue weighted by Crippen LogP contribution is -2.68. The molecule has 2 aliphatic heterocycles. The first-order chi connectivity index (χ1) is 26.7. The van der Waals surface area contributed by atoms with E-state index in [-0.39, 0.29) is 76.3 Å². The largest absolute Gasteiger partial charge is 0.493 e. The number of nitrogens with zero attached hydrogens (tertiary/aromatic N) is 4. The summed E-state index contributed by atoms with van der Waals surface area (Å²) in [6, 6.07) is 9.06. The van der Waals surface area contributed by atoms with Gasteiger partial charge < -0.3 is 19.3 Å². The Bertz CT molecular complexity index is 2110. The fourth-order valence-electron chi connectivity index (χ4n) is 7.40. The van der Waals surface area contributed by atoms with Crippen LogP contribution < -0.4 is 14.2 Å². The van der Waals surface area contributed by atoms with E-state index >= 15 is 0 Å². The van der Waals surface area contributed by atoms with Crippen molar-refractivity contribution in [3.63, 3.8) is 0 Å². The molecule has 0 saturated carbocycles. The quantitative estimate of drug-likeness (QED) is 0.206. The number of benzene rings is 1. The normalized spacial score (nSPS) is 20.0. The molecule has 0 radical (unpaired) electrons. The molecule has 1 N–H and O–H groups in total. The van der Waals surface area contributed by atoms with Crippen LogP contribution in [0.15, 0.2) is 54.2 Å². The Morgan fingerprint density at radius 1 is 1.05 bits per heavy atom. The number of hydrogen-bond donors (Lipinski definition) is 1. The maximum Gasteiger partial charge on any atom is 0.425 e. The fourth-order valence-corrected chi connectivity index (χ4v) is 8.59. The number of para-hydroxylation sites is 1. The summed E-state index contributed by atoms with van der Waals surface area (Å²) in [6.45, 7) is 1.31. The van der Waals surface area contributed by atoms with Gasteiger partial charge in [-0.25, -0.2) is 8.42 Å². The van der Waals surface area contributed by atoms with Crippen LogP contribution in [0.4, 0.5) is 26.3 Å². The van der Waals surface area contributed by atoms with Gasteiger partial charge in [-0.3, -0.25) is 24.1 Å². The summed E-state index contributed by atoms with van der Waals surface area (Å²) in [7, 11) is -3.79. The molecule has 0 aliphatic carbocycles. The van der Waals surface area contributed by atoms with Gasteiger partial charge in [-0.1, -0.05) is 31.5 Å². The average molecular weight is 844 g/mol. The van der Waals surface area contributed by atoms with E-state index in [9.17, 15) is 54.4 Å². The van der Waals surface area contributed by atoms with Crippen molar-refractivity contribution in [2.24, 2.45) is 0 Å². The summed E-state index contributed by atoms with van der Waals surface area (Å²) >= 11 is 0.340. The lowest BCUT2D eigenvalue weighted by Gasteiger charge is -2.51. The van der Waals surface area contributed by atoms with E-state index in [4.69, 9.17) is 9.47 Å². The van der Waals surface area contributed by atoms with Gasteiger partial charge in [0.2, 0.25) is 21.5 Å². The van der Waals surface area contributed by atoms with Gasteiger partial charge in [-0.2, -0.15) is 31.6 Å². The van der Waals surface area contributed by atoms with E-state index in [1.165, 1.54) is 4.90 Å². The Hall–Kier alpha value is -4.90. The smallest absolute Gasteiger partial charge is 0.425 e. The number of carbonyl (C=O) groups excluding carboxylic acids is 3. The highest BCUT2D eigenvalue weighted by Gasteiger charge is 2.57. The molecule has 2 aromatic heterocycles. The summed E-state index contributed by atoms with van der Waals surface area (Å²) < 4.78 is 120. The van der Waals surface area contributed by atoms with Gasteiger partial charge in [-0.15, -0.1) is 11.3 Å². The minimum absolute atomic E-state index is 0.0399. The SMILES string of the molecule is CCC[C@H]1N(C(=O)c2cnccc2C(F)(F)F)CCC[C@@]1(Oc1csc(C(F)(F)F)c1)C(=O)N1CCC(C#N)(c2ccccc2OCCC(=O)NS(C)(=O)=O)CC1. The van der Waals surface area contributed by atoms with Crippen LogP contribution in [-0.2, 0) is 37.4 Å². The van der Waals surface area contributed by atoms with Crippen molar-refractivity contribution in [3.8, 4) is 17.6 Å². The highest BCUT2D eigenvalue weighted by Crippen LogP contribution is 2.45. The van der Waals surface area contributed by atoms with E-state index in [0.717, 1.165) is 35.0 Å². The third-order valence-electron chi connectivity index (χ3n) is 9.97. The molecular formula is C37H39F6N5O7S2. The maximum atomic E-state index is 15.0. The van der Waals surface area contributed by atoms with Crippen LogP contribution in [0, 0.1) is 11.3 Å². The molecule has 3 aromatic rings. The molecule has 0 bridgehead atoms. The second-order valence-electron chi connectivity index (χ2n) is 13.8. The number of ether oxygens (including phenoxy) is 2. The van der Waals surface area contributed by atoms with Crippen LogP contribution in [0.2, 0.25) is 0 Å². The Kier molecular flexibility index (Phi) is 12.8. The van der Waals surface area contributed by atoms with Crippen molar-refractivity contribution in [1.82, 2.24) is 19.5 Å². The zero-order valence-corrected chi connectivity index (χ0v) is 32.4. The van der Waals surface area contributed by atoms with E-state index < -0.39 is 73.2 Å². The fraction of sp³-hybridized carbons (Fsp3) is 0.486. The molecule has 57 heavy (non-hydrogen) atoms. The van der Waals surface area contributed by atoms with Crippen molar-refractivity contribution in [1.29, 1.82) is 5.26 Å². The average Bonchev–Trinajstić information content (AvgIpc) is 3.63. The number of hydrogen-bond acceptors (Lipinski definition) is 10. The molecule has 3 amide bonds. The molecule has 12 nitrogen and oxygen atoms in total. The van der Waals surface area contributed by atoms with Crippen LogP contribution in [-0.4, -0.2) is 85.1 Å². The van der Waals surface area contributed by atoms with Crippen LogP contribution in [0.25, 0.3) is 0 Å². The Balaban J connectivity index is 1.47. The number of aromatic nitrogens is 1. The molecule has 308 valence electrons. The van der Waals surface area contributed by atoms with Gasteiger partial charge in [0.15, 0.2) is 0 Å². The predicted octanol–water partition coefficient (Wildman–Crippen LogP) is 6.33. The van der Waals surface area contributed by atoms with Crippen molar-refractivity contribution >= 4 is 39.1 Å². The van der Waals surface area contributed by atoms with Gasteiger partial charge in [0.05, 0.1) is 47.9 Å². The van der Waals surface area contributed by atoms with Crippen LogP contribution >= 0.6 is 11.3 Å². The Morgan fingerprint density at radius 3 is 2.37 bits per heavy atom. The standard InChI is InChI=1S/C37H39F6N5O7S2/c1-3-7-29-35(55-24-20-30(56-22-24)37(41,42)43,12-6-16-48(29)32(50)25-21-45-15-10-26(25)36(38,39)40)33(51)47-17-13-34(23-44,14-18-47)27-8-4-5-9-28(27)54-19-11-31(49)46-57(2,52)53/h4-5,8-10,15,20-22,29H,3,6-7,11-14,16-19H2,1-2H3,(H,46,49)/t29-,35+/m1/s1. The summed E-state index contributed by atoms with van der Waals surface area (Å²) in [5.74, 6) is -2.61. The van der Waals surface area contributed by atoms with Gasteiger partial charge in [-0.05, 0) is 37.8 Å². The number of pyridine rings is 1. The molecule has 20 heteroatoms. The van der Waals surface area contributed by atoms with Crippen molar-refractivity contribution < 1.29 is 58.6 Å². The van der Waals surface area contributed by atoms with E-state index in [0.29, 0.717) is 29.4 Å². The molecule has 2 atom stereocenters. The summed E-state index contributed by atoms with van der Waals surface area (Å²) in [6.07, 6.45) is -7.03. The molecule has 5 rings (SSSR count). The molecule has 0 unspecified atom stereocenters. The first kappa shape index (κ1) is 43.2. The Morgan fingerprint density at radius 2 is 1.75 bits per heavy atom. The highest BCUT2D eigenvalue weighted by atomic mass is 32.2. The van der Waals surface area contributed by atoms with Crippen molar-refractivity contribution in [3.05, 3.63) is 75.7 Å². The van der Waals surface area contributed by atoms with E-state index in [1.807, 2.05) is 4.72 Å². The molecule has 2 aliphatic rings. The second-order valence-corrected chi connectivity index (χ2v) is 16.5. The van der Waals surface area contributed by atoms with Gasteiger partial charge in [0.25, 0.3) is 11.8 Å². The second kappa shape index (κ2) is 16.9. The monoisotopic (exact) mass is 843 g/mol. The summed E-state index contributed by atoms with van der Waals surface area (Å²) in [4.78, 5) is 46.3. The zero-order chi connectivity index (χ0) is 41.8. The number of nitriles is 1. The number of thiophene rings is 1. The molecule has 1 aromatic carbocycles. The number of carbonyl (C=O) groups is 3. The lowest BCUT2D eigenvalue weighted by atomic mass is 9.72. The van der Waals surface area contributed by atoms with Gasteiger partial charge in [0, 0.05) is 55.5 Å². The van der Waals surface area contributed by atoms with E-state index in [1.54, 1.807) is 31.2 Å². The lowest BCUT2D eigenvalue weighted by molar-refractivity contribution is -0.160. The molecule has 4 heterocycles. The minimum atomic E-state index is -4.92. The number of halogens is 6. The minimum Gasteiger partial charge on any atom is -0.493 e. The summed E-state index contributed by atoms with van der Waals surface area (Å²) in [5, 5.41) is 11.6. The van der Waals surface area contributed by atoms with E-state index in [2.05, 4.69) is 11.1 Å². The third-order valence-corrected chi connectivity index (χ3v) is 11.5. The molecule has 0 spiro atoms. The van der Waals surface area contributed by atoms with Crippen LogP contribution in [0.3, 0.4) is 0 Å². The Labute approximate surface area is 328 Å². The number of alkyl halides is 6. The third kappa shape index (κ3) is 9.63. The molecule has 2 fully saturated rings. The topological polar surface area (TPSA) is 159 Å². The number of rotatable bonds is 12. The predicted molar refractivity (Wildman–Crippen MR) is 194 cm³/mol.